The molecule has 0 spiro atoms. The lowest BCUT2D eigenvalue weighted by atomic mass is 10.3. The summed E-state index contributed by atoms with van der Waals surface area (Å²) in [6.07, 6.45) is 4.28. The molecule has 2 N–H and O–H groups in total. The fraction of sp³-hybridized carbons (Fsp3) is 0.500. The van der Waals surface area contributed by atoms with E-state index in [1.807, 2.05) is 17.5 Å². The SMILES string of the molecule is Cc1nnc2c(N(CCC(N)=S)C(C)C)nccn12. The molecule has 0 aliphatic heterocycles. The van der Waals surface area contributed by atoms with E-state index in [9.17, 15) is 0 Å². The first-order valence-corrected chi connectivity index (χ1v) is 6.63. The van der Waals surface area contributed by atoms with Gasteiger partial charge in [0.15, 0.2) is 5.82 Å². The van der Waals surface area contributed by atoms with Crippen LogP contribution >= 0.6 is 12.2 Å². The maximum atomic E-state index is 5.59. The molecule has 0 unspecified atom stereocenters. The van der Waals surface area contributed by atoms with Crippen molar-refractivity contribution in [1.82, 2.24) is 19.6 Å². The second kappa shape index (κ2) is 5.48. The van der Waals surface area contributed by atoms with E-state index in [0.717, 1.165) is 23.8 Å². The summed E-state index contributed by atoms with van der Waals surface area (Å²) >= 11 is 4.95. The van der Waals surface area contributed by atoms with Gasteiger partial charge in [-0.05, 0) is 20.8 Å². The monoisotopic (exact) mass is 278 g/mol. The molecule has 0 aromatic carbocycles. The highest BCUT2D eigenvalue weighted by Crippen LogP contribution is 2.20. The molecule has 0 saturated heterocycles. The summed E-state index contributed by atoms with van der Waals surface area (Å²) in [7, 11) is 0. The van der Waals surface area contributed by atoms with Crippen molar-refractivity contribution in [3.63, 3.8) is 0 Å². The van der Waals surface area contributed by atoms with Gasteiger partial charge >= 0.3 is 0 Å². The number of nitrogens with zero attached hydrogens (tertiary/aromatic N) is 5. The molecule has 0 amide bonds. The van der Waals surface area contributed by atoms with Crippen molar-refractivity contribution in [2.24, 2.45) is 5.73 Å². The van der Waals surface area contributed by atoms with Crippen molar-refractivity contribution < 1.29 is 0 Å². The number of fused-ring (bicyclic) bond motifs is 1. The Kier molecular flexibility index (Phi) is 3.94. The second-order valence-corrected chi connectivity index (χ2v) is 5.22. The molecule has 0 aliphatic rings. The zero-order valence-electron chi connectivity index (χ0n) is 11.4. The average Bonchev–Trinajstić information content (AvgIpc) is 2.72. The molecule has 0 saturated carbocycles. The predicted octanol–water partition coefficient (Wildman–Crippen LogP) is 1.32. The van der Waals surface area contributed by atoms with E-state index in [0.29, 0.717) is 11.4 Å². The minimum absolute atomic E-state index is 0.282. The lowest BCUT2D eigenvalue weighted by Gasteiger charge is -2.27. The third-order valence-electron chi connectivity index (χ3n) is 2.97. The molecular formula is C12H18N6S. The number of aryl methyl sites for hydroxylation is 1. The van der Waals surface area contributed by atoms with Gasteiger partial charge in [-0.2, -0.15) is 0 Å². The van der Waals surface area contributed by atoms with Gasteiger partial charge in [-0.1, -0.05) is 12.2 Å². The number of hydrogen-bond donors (Lipinski definition) is 1. The largest absolute Gasteiger partial charge is 0.393 e. The summed E-state index contributed by atoms with van der Waals surface area (Å²) in [5.74, 6) is 1.66. The third kappa shape index (κ3) is 2.81. The molecule has 0 fully saturated rings. The van der Waals surface area contributed by atoms with Crippen LogP contribution < -0.4 is 10.6 Å². The second-order valence-electron chi connectivity index (χ2n) is 4.70. The minimum atomic E-state index is 0.282. The van der Waals surface area contributed by atoms with Crippen LogP contribution in [0.4, 0.5) is 5.82 Å². The van der Waals surface area contributed by atoms with Gasteiger partial charge < -0.3 is 10.6 Å². The Morgan fingerprint density at radius 3 is 2.84 bits per heavy atom. The van der Waals surface area contributed by atoms with Crippen LogP contribution in [0.5, 0.6) is 0 Å². The topological polar surface area (TPSA) is 72.3 Å². The van der Waals surface area contributed by atoms with Gasteiger partial charge in [-0.15, -0.1) is 10.2 Å². The molecule has 2 rings (SSSR count). The molecule has 2 heterocycles. The van der Waals surface area contributed by atoms with Gasteiger partial charge in [0, 0.05) is 31.4 Å². The Bertz CT molecular complexity index is 591. The summed E-state index contributed by atoms with van der Waals surface area (Å²) in [4.78, 5) is 7.09. The van der Waals surface area contributed by atoms with Crippen LogP contribution in [-0.2, 0) is 0 Å². The summed E-state index contributed by atoms with van der Waals surface area (Å²) in [6.45, 7) is 6.85. The summed E-state index contributed by atoms with van der Waals surface area (Å²) in [5, 5.41) is 8.28. The number of aromatic nitrogens is 4. The van der Waals surface area contributed by atoms with Gasteiger partial charge in [0.2, 0.25) is 5.65 Å². The number of nitrogens with two attached hydrogens (primary N) is 1. The predicted molar refractivity (Wildman–Crippen MR) is 79.4 cm³/mol. The van der Waals surface area contributed by atoms with Crippen LogP contribution in [0.25, 0.3) is 5.65 Å². The first kappa shape index (κ1) is 13.7. The van der Waals surface area contributed by atoms with Crippen molar-refractivity contribution in [2.45, 2.75) is 33.2 Å². The molecule has 0 radical (unpaired) electrons. The van der Waals surface area contributed by atoms with Crippen LogP contribution in [0.15, 0.2) is 12.4 Å². The molecule has 19 heavy (non-hydrogen) atoms. The van der Waals surface area contributed by atoms with Crippen LogP contribution in [0.3, 0.4) is 0 Å². The summed E-state index contributed by atoms with van der Waals surface area (Å²) in [6, 6.07) is 0.282. The van der Waals surface area contributed by atoms with E-state index in [-0.39, 0.29) is 6.04 Å². The first-order valence-electron chi connectivity index (χ1n) is 6.22. The Balaban J connectivity index is 2.41. The fourth-order valence-electron chi connectivity index (χ4n) is 1.97. The highest BCUT2D eigenvalue weighted by Gasteiger charge is 2.17. The molecule has 6 nitrogen and oxygen atoms in total. The maximum absolute atomic E-state index is 5.59. The average molecular weight is 278 g/mol. The number of thiocarbonyl (C=S) groups is 1. The van der Waals surface area contributed by atoms with Crippen molar-refractivity contribution in [1.29, 1.82) is 0 Å². The molecule has 0 atom stereocenters. The molecule has 2 aromatic rings. The fourth-order valence-corrected chi connectivity index (χ4v) is 2.06. The Morgan fingerprint density at radius 2 is 2.21 bits per heavy atom. The Morgan fingerprint density at radius 1 is 1.47 bits per heavy atom. The van der Waals surface area contributed by atoms with Crippen molar-refractivity contribution in [3.05, 3.63) is 18.2 Å². The van der Waals surface area contributed by atoms with E-state index < -0.39 is 0 Å². The molecule has 7 heteroatoms. The highest BCUT2D eigenvalue weighted by molar-refractivity contribution is 7.80. The molecule has 0 bridgehead atoms. The van der Waals surface area contributed by atoms with E-state index in [1.165, 1.54) is 0 Å². The minimum Gasteiger partial charge on any atom is -0.393 e. The number of rotatable bonds is 5. The lowest BCUT2D eigenvalue weighted by Crippen LogP contribution is -2.34. The van der Waals surface area contributed by atoms with Crippen molar-refractivity contribution >= 4 is 28.7 Å². The quantitative estimate of drug-likeness (QED) is 0.832. The van der Waals surface area contributed by atoms with Crippen LogP contribution in [-0.4, -0.2) is 37.2 Å². The molecule has 102 valence electrons. The molecule has 0 aliphatic carbocycles. The van der Waals surface area contributed by atoms with Crippen LogP contribution in [0, 0.1) is 6.92 Å². The van der Waals surface area contributed by atoms with E-state index >= 15 is 0 Å². The first-order chi connectivity index (χ1) is 9.00. The smallest absolute Gasteiger partial charge is 0.203 e. The zero-order valence-corrected chi connectivity index (χ0v) is 12.2. The van der Waals surface area contributed by atoms with E-state index in [1.54, 1.807) is 6.20 Å². The standard InChI is InChI=1S/C12H18N6S/c1-8(2)17(6-4-10(13)19)11-12-16-15-9(3)18(12)7-5-14-11/h5,7-8H,4,6H2,1-3H3,(H2,13,19). The third-order valence-corrected chi connectivity index (χ3v) is 3.18. The van der Waals surface area contributed by atoms with Gasteiger partial charge in [-0.25, -0.2) is 4.98 Å². The Hall–Kier alpha value is -1.76. The van der Waals surface area contributed by atoms with Crippen molar-refractivity contribution in [2.75, 3.05) is 11.4 Å². The maximum Gasteiger partial charge on any atom is 0.203 e. The highest BCUT2D eigenvalue weighted by atomic mass is 32.1. The summed E-state index contributed by atoms with van der Waals surface area (Å²) in [5.41, 5.74) is 6.35. The van der Waals surface area contributed by atoms with Gasteiger partial charge in [-0.3, -0.25) is 4.40 Å². The molecule has 2 aromatic heterocycles. The lowest BCUT2D eigenvalue weighted by molar-refractivity contribution is 0.681. The van der Waals surface area contributed by atoms with Crippen LogP contribution in [0.1, 0.15) is 26.1 Å². The van der Waals surface area contributed by atoms with E-state index in [2.05, 4.69) is 33.9 Å². The number of hydrogen-bond acceptors (Lipinski definition) is 5. The normalized spacial score (nSPS) is 11.2. The van der Waals surface area contributed by atoms with Crippen molar-refractivity contribution in [3.8, 4) is 0 Å². The molecular weight excluding hydrogens is 260 g/mol. The van der Waals surface area contributed by atoms with Gasteiger partial charge in [0.05, 0.1) is 4.99 Å². The Labute approximate surface area is 117 Å². The zero-order chi connectivity index (χ0) is 14.0. The van der Waals surface area contributed by atoms with Crippen LogP contribution in [0.2, 0.25) is 0 Å². The summed E-state index contributed by atoms with van der Waals surface area (Å²) < 4.78 is 1.93. The number of anilines is 1. The van der Waals surface area contributed by atoms with Gasteiger partial charge in [0.1, 0.15) is 5.82 Å². The van der Waals surface area contributed by atoms with E-state index in [4.69, 9.17) is 18.0 Å². The van der Waals surface area contributed by atoms with Gasteiger partial charge in [0.25, 0.3) is 0 Å².